The fourth-order valence-corrected chi connectivity index (χ4v) is 2.91. The highest BCUT2D eigenvalue weighted by atomic mass is 16.5. The first kappa shape index (κ1) is 16.3. The first-order valence-electron chi connectivity index (χ1n) is 8.43. The van der Waals surface area contributed by atoms with Crippen molar-refractivity contribution in [2.45, 2.75) is 32.4 Å². The second-order valence-electron chi connectivity index (χ2n) is 6.78. The minimum atomic E-state index is -0.00525. The van der Waals surface area contributed by atoms with Gasteiger partial charge >= 0.3 is 6.03 Å². The number of morpholine rings is 1. The maximum atomic E-state index is 12.6. The molecule has 1 aromatic heterocycles. The van der Waals surface area contributed by atoms with Crippen LogP contribution in [0.15, 0.2) is 6.20 Å². The highest BCUT2D eigenvalue weighted by molar-refractivity contribution is 5.74. The van der Waals surface area contributed by atoms with Crippen molar-refractivity contribution in [2.24, 2.45) is 5.92 Å². The van der Waals surface area contributed by atoms with Crippen LogP contribution in [0.4, 0.5) is 4.79 Å². The van der Waals surface area contributed by atoms with Gasteiger partial charge in [-0.15, -0.1) is 0 Å². The Hall–Kier alpha value is -1.60. The zero-order valence-electron chi connectivity index (χ0n) is 14.0. The minimum Gasteiger partial charge on any atom is -0.374 e. The lowest BCUT2D eigenvalue weighted by molar-refractivity contribution is -0.0308. The van der Waals surface area contributed by atoms with Gasteiger partial charge in [0.25, 0.3) is 0 Å². The Morgan fingerprint density at radius 1 is 1.52 bits per heavy atom. The summed E-state index contributed by atoms with van der Waals surface area (Å²) in [6.07, 6.45) is 4.33. The van der Waals surface area contributed by atoms with Gasteiger partial charge in [-0.1, -0.05) is 0 Å². The van der Waals surface area contributed by atoms with Crippen molar-refractivity contribution in [1.82, 2.24) is 25.3 Å². The van der Waals surface area contributed by atoms with Crippen LogP contribution in [0.3, 0.4) is 0 Å². The van der Waals surface area contributed by atoms with Crippen LogP contribution in [0.5, 0.6) is 0 Å². The Morgan fingerprint density at radius 3 is 3.00 bits per heavy atom. The van der Waals surface area contributed by atoms with E-state index in [2.05, 4.69) is 27.5 Å². The number of likely N-dealkylation sites (N-methyl/N-ethyl adjacent to an activating group) is 1. The molecule has 2 fully saturated rings. The van der Waals surface area contributed by atoms with E-state index in [0.29, 0.717) is 19.0 Å². The number of nitrogens with one attached hydrogen (secondary N) is 2. The number of aromatic nitrogens is 2. The molecule has 7 heteroatoms. The van der Waals surface area contributed by atoms with Crippen LogP contribution >= 0.6 is 0 Å². The number of ether oxygens (including phenoxy) is 1. The average Bonchev–Trinajstić information content (AvgIpc) is 3.25. The third-order valence-corrected chi connectivity index (χ3v) is 4.59. The van der Waals surface area contributed by atoms with E-state index in [1.807, 2.05) is 11.8 Å². The van der Waals surface area contributed by atoms with Gasteiger partial charge in [-0.05, 0) is 32.7 Å². The molecule has 2 amide bonds. The highest BCUT2D eigenvalue weighted by Gasteiger charge is 2.29. The zero-order valence-corrected chi connectivity index (χ0v) is 14.0. The summed E-state index contributed by atoms with van der Waals surface area (Å²) in [5.74, 6) is 0.665. The molecular formula is C16H27N5O2. The van der Waals surface area contributed by atoms with E-state index in [4.69, 9.17) is 4.74 Å². The Bertz CT molecular complexity index is 528. The molecule has 1 atom stereocenters. The molecule has 0 spiro atoms. The molecule has 1 aliphatic heterocycles. The predicted molar refractivity (Wildman–Crippen MR) is 87.1 cm³/mol. The number of aromatic amines is 1. The van der Waals surface area contributed by atoms with Gasteiger partial charge in [0.15, 0.2) is 0 Å². The summed E-state index contributed by atoms with van der Waals surface area (Å²) in [6, 6.07) is -0.00525. The number of urea groups is 1. The van der Waals surface area contributed by atoms with Gasteiger partial charge in [0.1, 0.15) is 0 Å². The summed E-state index contributed by atoms with van der Waals surface area (Å²) in [4.78, 5) is 16.8. The van der Waals surface area contributed by atoms with Crippen LogP contribution in [-0.2, 0) is 11.3 Å². The summed E-state index contributed by atoms with van der Waals surface area (Å²) in [5.41, 5.74) is 2.02. The second kappa shape index (κ2) is 7.31. The van der Waals surface area contributed by atoms with Crippen LogP contribution in [0.1, 0.15) is 24.1 Å². The van der Waals surface area contributed by atoms with Crippen molar-refractivity contribution >= 4 is 6.03 Å². The summed E-state index contributed by atoms with van der Waals surface area (Å²) in [7, 11) is 2.10. The SMILES string of the molecule is Cc1[nH]ncc1CNC(=O)N(CC1CC1)C[C@@H]1CN(C)CCO1. The molecule has 7 nitrogen and oxygen atoms in total. The third-order valence-electron chi connectivity index (χ3n) is 4.59. The van der Waals surface area contributed by atoms with Crippen LogP contribution in [0.2, 0.25) is 0 Å². The Balaban J connectivity index is 1.54. The lowest BCUT2D eigenvalue weighted by Crippen LogP contribution is -2.50. The first-order valence-corrected chi connectivity index (χ1v) is 8.43. The Labute approximate surface area is 137 Å². The van der Waals surface area contributed by atoms with Gasteiger partial charge < -0.3 is 19.9 Å². The lowest BCUT2D eigenvalue weighted by Gasteiger charge is -2.34. The number of hydrogen-bond donors (Lipinski definition) is 2. The molecular weight excluding hydrogens is 294 g/mol. The number of rotatable bonds is 6. The van der Waals surface area contributed by atoms with Crippen molar-refractivity contribution < 1.29 is 9.53 Å². The van der Waals surface area contributed by atoms with Crippen molar-refractivity contribution in [3.63, 3.8) is 0 Å². The van der Waals surface area contributed by atoms with E-state index in [-0.39, 0.29) is 12.1 Å². The quantitative estimate of drug-likeness (QED) is 0.819. The minimum absolute atomic E-state index is 0.00525. The average molecular weight is 321 g/mol. The van der Waals surface area contributed by atoms with E-state index in [1.54, 1.807) is 6.20 Å². The van der Waals surface area contributed by atoms with E-state index in [0.717, 1.165) is 37.5 Å². The number of hydrogen-bond acceptors (Lipinski definition) is 4. The summed E-state index contributed by atoms with van der Waals surface area (Å²) in [6.45, 7) is 6.56. The fourth-order valence-electron chi connectivity index (χ4n) is 2.91. The number of amides is 2. The topological polar surface area (TPSA) is 73.5 Å². The fraction of sp³-hybridized carbons (Fsp3) is 0.750. The molecule has 1 saturated carbocycles. The molecule has 128 valence electrons. The molecule has 1 aromatic rings. The van der Waals surface area contributed by atoms with Crippen molar-refractivity contribution in [2.75, 3.05) is 39.8 Å². The number of carbonyl (C=O) groups is 1. The molecule has 1 aliphatic carbocycles. The van der Waals surface area contributed by atoms with Crippen LogP contribution in [0, 0.1) is 12.8 Å². The summed E-state index contributed by atoms with van der Waals surface area (Å²) < 4.78 is 5.82. The number of nitrogens with zero attached hydrogens (tertiary/aromatic N) is 3. The smallest absolute Gasteiger partial charge is 0.317 e. The van der Waals surface area contributed by atoms with Gasteiger partial charge in [0, 0.05) is 44.0 Å². The zero-order chi connectivity index (χ0) is 16.2. The largest absolute Gasteiger partial charge is 0.374 e. The maximum Gasteiger partial charge on any atom is 0.317 e. The van der Waals surface area contributed by atoms with Crippen LogP contribution < -0.4 is 5.32 Å². The molecule has 3 rings (SSSR count). The van der Waals surface area contributed by atoms with E-state index in [9.17, 15) is 4.79 Å². The molecule has 0 bridgehead atoms. The van der Waals surface area contributed by atoms with E-state index >= 15 is 0 Å². The van der Waals surface area contributed by atoms with Gasteiger partial charge in [0.05, 0.1) is 18.9 Å². The molecule has 0 radical (unpaired) electrons. The van der Waals surface area contributed by atoms with E-state index in [1.165, 1.54) is 12.8 Å². The van der Waals surface area contributed by atoms with Crippen LogP contribution in [0.25, 0.3) is 0 Å². The van der Waals surface area contributed by atoms with Crippen molar-refractivity contribution in [3.8, 4) is 0 Å². The summed E-state index contributed by atoms with van der Waals surface area (Å²) >= 11 is 0. The van der Waals surface area contributed by atoms with Crippen molar-refractivity contribution in [3.05, 3.63) is 17.5 Å². The molecule has 2 aliphatic rings. The molecule has 0 aromatic carbocycles. The Morgan fingerprint density at radius 2 is 2.35 bits per heavy atom. The predicted octanol–water partition coefficient (Wildman–Crippen LogP) is 0.970. The molecule has 2 N–H and O–H groups in total. The molecule has 23 heavy (non-hydrogen) atoms. The van der Waals surface area contributed by atoms with E-state index < -0.39 is 0 Å². The van der Waals surface area contributed by atoms with Crippen LogP contribution in [-0.4, -0.2) is 72.0 Å². The Kier molecular flexibility index (Phi) is 5.17. The monoisotopic (exact) mass is 321 g/mol. The van der Waals surface area contributed by atoms with Gasteiger partial charge in [-0.2, -0.15) is 5.10 Å². The first-order chi connectivity index (χ1) is 11.1. The van der Waals surface area contributed by atoms with Gasteiger partial charge in [-0.25, -0.2) is 4.79 Å². The van der Waals surface area contributed by atoms with Gasteiger partial charge in [0.2, 0.25) is 0 Å². The highest BCUT2D eigenvalue weighted by Crippen LogP contribution is 2.30. The molecule has 1 saturated heterocycles. The molecule has 2 heterocycles. The normalized spacial score (nSPS) is 22.1. The summed E-state index contributed by atoms with van der Waals surface area (Å²) in [5, 5.41) is 9.90. The number of H-pyrrole nitrogens is 1. The van der Waals surface area contributed by atoms with Crippen molar-refractivity contribution in [1.29, 1.82) is 0 Å². The molecule has 0 unspecified atom stereocenters. The van der Waals surface area contributed by atoms with Gasteiger partial charge in [-0.3, -0.25) is 5.10 Å². The standard InChI is InChI=1S/C16H27N5O2/c1-12-14(8-18-19-12)7-17-16(22)21(9-13-3-4-13)11-15-10-20(2)5-6-23-15/h8,13,15H,3-7,9-11H2,1-2H3,(H,17,22)(H,18,19)/t15-/m0/s1. The number of carbonyl (C=O) groups excluding carboxylic acids is 1. The number of aryl methyl sites for hydroxylation is 1. The second-order valence-corrected chi connectivity index (χ2v) is 6.78. The maximum absolute atomic E-state index is 12.6. The third kappa shape index (κ3) is 4.68. The lowest BCUT2D eigenvalue weighted by atomic mass is 10.2.